The van der Waals surface area contributed by atoms with Crippen LogP contribution in [0.1, 0.15) is 24.1 Å². The van der Waals surface area contributed by atoms with Crippen molar-refractivity contribution in [3.8, 4) is 5.75 Å². The van der Waals surface area contributed by atoms with Gasteiger partial charge in [-0.3, -0.25) is 14.6 Å². The van der Waals surface area contributed by atoms with Gasteiger partial charge in [0, 0.05) is 24.0 Å². The summed E-state index contributed by atoms with van der Waals surface area (Å²) in [4.78, 5) is 31.7. The molecule has 0 saturated carbocycles. The minimum atomic E-state index is -3.88. The zero-order valence-corrected chi connectivity index (χ0v) is 17.8. The number of benzene rings is 2. The predicted octanol–water partition coefficient (Wildman–Crippen LogP) is 2.23. The first-order chi connectivity index (χ1) is 15.3. The number of sulfonamides is 1. The molecule has 2 aromatic heterocycles. The van der Waals surface area contributed by atoms with Crippen molar-refractivity contribution >= 4 is 21.1 Å². The van der Waals surface area contributed by atoms with Gasteiger partial charge in [-0.2, -0.15) is 0 Å². The highest BCUT2D eigenvalue weighted by Crippen LogP contribution is 2.21. The lowest BCUT2D eigenvalue weighted by Gasteiger charge is -2.15. The molecule has 0 bridgehead atoms. The van der Waals surface area contributed by atoms with E-state index in [0.717, 1.165) is 11.1 Å². The SMILES string of the molecule is CC(NS(=O)(=O)c1ccc2[nH]c(=O)c(=O)[nH]c2c1)c1ccc(OCc2cccnc2)cc1. The minimum absolute atomic E-state index is 0.0315. The Morgan fingerprint density at radius 3 is 2.41 bits per heavy atom. The van der Waals surface area contributed by atoms with Crippen molar-refractivity contribution in [3.05, 3.63) is 98.8 Å². The van der Waals surface area contributed by atoms with E-state index < -0.39 is 27.2 Å². The van der Waals surface area contributed by atoms with E-state index in [-0.39, 0.29) is 10.4 Å². The fourth-order valence-corrected chi connectivity index (χ4v) is 4.39. The van der Waals surface area contributed by atoms with Crippen LogP contribution in [-0.2, 0) is 16.6 Å². The van der Waals surface area contributed by atoms with Crippen molar-refractivity contribution < 1.29 is 13.2 Å². The second-order valence-electron chi connectivity index (χ2n) is 7.18. The molecule has 0 saturated heterocycles. The normalized spacial score (nSPS) is 12.5. The first-order valence-corrected chi connectivity index (χ1v) is 11.2. The fraction of sp³-hybridized carbons (Fsp3) is 0.136. The lowest BCUT2D eigenvalue weighted by atomic mass is 10.1. The van der Waals surface area contributed by atoms with E-state index in [1.165, 1.54) is 18.2 Å². The Balaban J connectivity index is 1.47. The van der Waals surface area contributed by atoms with Gasteiger partial charge >= 0.3 is 11.1 Å². The number of hydrogen-bond donors (Lipinski definition) is 3. The number of aromatic nitrogens is 3. The minimum Gasteiger partial charge on any atom is -0.489 e. The third kappa shape index (κ3) is 4.76. The van der Waals surface area contributed by atoms with Crippen LogP contribution in [0.3, 0.4) is 0 Å². The van der Waals surface area contributed by atoms with Gasteiger partial charge in [-0.25, -0.2) is 13.1 Å². The Bertz CT molecular complexity index is 1460. The number of rotatable bonds is 7. The van der Waals surface area contributed by atoms with E-state index in [4.69, 9.17) is 4.74 Å². The molecule has 0 spiro atoms. The highest BCUT2D eigenvalue weighted by atomic mass is 32.2. The van der Waals surface area contributed by atoms with Crippen molar-refractivity contribution in [2.24, 2.45) is 0 Å². The largest absolute Gasteiger partial charge is 0.489 e. The molecule has 0 aliphatic rings. The zero-order chi connectivity index (χ0) is 22.7. The van der Waals surface area contributed by atoms with Gasteiger partial charge < -0.3 is 14.7 Å². The highest BCUT2D eigenvalue weighted by molar-refractivity contribution is 7.89. The Kier molecular flexibility index (Phi) is 5.89. The van der Waals surface area contributed by atoms with E-state index in [0.29, 0.717) is 17.9 Å². The first kappa shape index (κ1) is 21.5. The number of pyridine rings is 1. The molecule has 4 rings (SSSR count). The molecule has 1 atom stereocenters. The van der Waals surface area contributed by atoms with Gasteiger partial charge in [0.25, 0.3) is 0 Å². The topological polar surface area (TPSA) is 134 Å². The molecule has 2 aromatic carbocycles. The second-order valence-corrected chi connectivity index (χ2v) is 8.89. The summed E-state index contributed by atoms with van der Waals surface area (Å²) >= 11 is 0. The molecule has 0 fully saturated rings. The second kappa shape index (κ2) is 8.77. The van der Waals surface area contributed by atoms with E-state index in [1.54, 1.807) is 43.6 Å². The average Bonchev–Trinajstić information content (AvgIpc) is 2.79. The van der Waals surface area contributed by atoms with Crippen molar-refractivity contribution in [1.29, 1.82) is 0 Å². The van der Waals surface area contributed by atoms with E-state index in [1.807, 2.05) is 12.1 Å². The Hall–Kier alpha value is -3.76. The highest BCUT2D eigenvalue weighted by Gasteiger charge is 2.19. The zero-order valence-electron chi connectivity index (χ0n) is 17.0. The number of ether oxygens (including phenoxy) is 1. The molecule has 9 nitrogen and oxygen atoms in total. The predicted molar refractivity (Wildman–Crippen MR) is 119 cm³/mol. The number of nitrogens with zero attached hydrogens (tertiary/aromatic N) is 1. The van der Waals surface area contributed by atoms with E-state index in [2.05, 4.69) is 19.7 Å². The van der Waals surface area contributed by atoms with Gasteiger partial charge in [-0.1, -0.05) is 18.2 Å². The summed E-state index contributed by atoms with van der Waals surface area (Å²) in [6.07, 6.45) is 3.42. The summed E-state index contributed by atoms with van der Waals surface area (Å²) in [6, 6.07) is 14.4. The van der Waals surface area contributed by atoms with Crippen LogP contribution >= 0.6 is 0 Å². The Labute approximate surface area is 183 Å². The molecule has 0 radical (unpaired) electrons. The molecule has 4 aromatic rings. The molecule has 10 heteroatoms. The molecule has 3 N–H and O–H groups in total. The first-order valence-electron chi connectivity index (χ1n) is 9.72. The molecule has 32 heavy (non-hydrogen) atoms. The van der Waals surface area contributed by atoms with Gasteiger partial charge in [0.05, 0.1) is 15.9 Å². The van der Waals surface area contributed by atoms with Gasteiger partial charge in [0.15, 0.2) is 0 Å². The van der Waals surface area contributed by atoms with Crippen molar-refractivity contribution in [3.63, 3.8) is 0 Å². The number of H-pyrrole nitrogens is 2. The quantitative estimate of drug-likeness (QED) is 0.368. The average molecular weight is 452 g/mol. The van der Waals surface area contributed by atoms with Gasteiger partial charge in [0.1, 0.15) is 12.4 Å². The van der Waals surface area contributed by atoms with Crippen LogP contribution < -0.4 is 20.6 Å². The van der Waals surface area contributed by atoms with Crippen LogP contribution in [0.2, 0.25) is 0 Å². The molecular formula is C22H20N4O5S. The van der Waals surface area contributed by atoms with Crippen molar-refractivity contribution in [1.82, 2.24) is 19.7 Å². The third-order valence-corrected chi connectivity index (χ3v) is 6.38. The maximum absolute atomic E-state index is 12.8. The molecule has 1 unspecified atom stereocenters. The monoisotopic (exact) mass is 452 g/mol. The van der Waals surface area contributed by atoms with Crippen LogP contribution in [0.25, 0.3) is 11.0 Å². The number of aromatic amines is 2. The summed E-state index contributed by atoms with van der Waals surface area (Å²) in [5.41, 5.74) is 0.606. The number of hydrogen-bond acceptors (Lipinski definition) is 6. The Morgan fingerprint density at radius 1 is 1.00 bits per heavy atom. The molecule has 0 aliphatic carbocycles. The summed E-state index contributed by atoms with van der Waals surface area (Å²) < 4.78 is 34.0. The summed E-state index contributed by atoms with van der Waals surface area (Å²) in [5, 5.41) is 0. The lowest BCUT2D eigenvalue weighted by molar-refractivity contribution is 0.305. The van der Waals surface area contributed by atoms with Crippen LogP contribution in [-0.4, -0.2) is 23.4 Å². The molecule has 0 amide bonds. The van der Waals surface area contributed by atoms with Gasteiger partial charge in [0.2, 0.25) is 10.0 Å². The van der Waals surface area contributed by atoms with Crippen LogP contribution in [0.15, 0.2) is 81.5 Å². The third-order valence-electron chi connectivity index (χ3n) is 4.84. The Morgan fingerprint density at radius 2 is 1.72 bits per heavy atom. The van der Waals surface area contributed by atoms with E-state index >= 15 is 0 Å². The van der Waals surface area contributed by atoms with Crippen molar-refractivity contribution in [2.75, 3.05) is 0 Å². The van der Waals surface area contributed by atoms with Gasteiger partial charge in [-0.15, -0.1) is 0 Å². The fourth-order valence-electron chi connectivity index (χ4n) is 3.13. The lowest BCUT2D eigenvalue weighted by Crippen LogP contribution is -2.29. The molecular weight excluding hydrogens is 432 g/mol. The number of nitrogens with one attached hydrogen (secondary N) is 3. The maximum Gasteiger partial charge on any atom is 0.314 e. The number of fused-ring (bicyclic) bond motifs is 1. The van der Waals surface area contributed by atoms with Gasteiger partial charge in [-0.05, 0) is 48.9 Å². The molecule has 2 heterocycles. The molecule has 0 aliphatic heterocycles. The maximum atomic E-state index is 12.8. The van der Waals surface area contributed by atoms with E-state index in [9.17, 15) is 18.0 Å². The van der Waals surface area contributed by atoms with Crippen LogP contribution in [0.5, 0.6) is 5.75 Å². The smallest absolute Gasteiger partial charge is 0.314 e. The van der Waals surface area contributed by atoms with Crippen LogP contribution in [0.4, 0.5) is 0 Å². The summed E-state index contributed by atoms with van der Waals surface area (Å²) in [7, 11) is -3.88. The van der Waals surface area contributed by atoms with Crippen molar-refractivity contribution in [2.45, 2.75) is 24.5 Å². The summed E-state index contributed by atoms with van der Waals surface area (Å²) in [6.45, 7) is 2.11. The molecule has 164 valence electrons. The summed E-state index contributed by atoms with van der Waals surface area (Å²) in [5.74, 6) is 0.653. The standard InChI is InChI=1S/C22H20N4O5S/c1-14(16-4-6-17(7-5-16)31-13-15-3-2-10-23-12-15)26-32(29,30)18-8-9-19-20(11-18)25-22(28)21(27)24-19/h2-12,14,26H,13H2,1H3,(H,24,27)(H,25,28). The van der Waals surface area contributed by atoms with Crippen LogP contribution in [0, 0.1) is 0 Å².